The third kappa shape index (κ3) is 3.35. The molecule has 2 N–H and O–H groups in total. The van der Waals surface area contributed by atoms with Gasteiger partial charge in [-0.3, -0.25) is 4.79 Å². The second-order valence-corrected chi connectivity index (χ2v) is 4.81. The van der Waals surface area contributed by atoms with E-state index in [0.717, 1.165) is 17.2 Å². The van der Waals surface area contributed by atoms with Gasteiger partial charge in [-0.1, -0.05) is 18.2 Å². The fourth-order valence-corrected chi connectivity index (χ4v) is 1.90. The van der Waals surface area contributed by atoms with Crippen LogP contribution in [0.2, 0.25) is 0 Å². The van der Waals surface area contributed by atoms with Crippen molar-refractivity contribution in [3.8, 4) is 5.75 Å². The highest BCUT2D eigenvalue weighted by molar-refractivity contribution is 5.92. The summed E-state index contributed by atoms with van der Waals surface area (Å²) in [5.74, 6) is -1.12. The zero-order valence-electron chi connectivity index (χ0n) is 11.4. The van der Waals surface area contributed by atoms with Crippen LogP contribution in [-0.4, -0.2) is 11.0 Å². The molecule has 0 fully saturated rings. The molecule has 0 aliphatic heterocycles. The zero-order chi connectivity index (χ0) is 14.7. The molecular weight excluding hydrogens is 257 g/mol. The number of hydrogen-bond donors (Lipinski definition) is 2. The molecule has 0 aliphatic carbocycles. The van der Waals surface area contributed by atoms with Gasteiger partial charge in [-0.2, -0.15) is 0 Å². The zero-order valence-corrected chi connectivity index (χ0v) is 11.4. The number of hydrogen-bond acceptors (Lipinski definition) is 2. The Balaban J connectivity index is 2.07. The highest BCUT2D eigenvalue weighted by Crippen LogP contribution is 2.19. The summed E-state index contributed by atoms with van der Waals surface area (Å²) in [5, 5.41) is 11.6. The van der Waals surface area contributed by atoms with E-state index in [1.54, 1.807) is 0 Å². The predicted octanol–water partition coefficient (Wildman–Crippen LogP) is 3.33. The van der Waals surface area contributed by atoms with Crippen LogP contribution in [0.25, 0.3) is 0 Å². The van der Waals surface area contributed by atoms with Crippen molar-refractivity contribution in [3.63, 3.8) is 0 Å². The Kier molecular flexibility index (Phi) is 4.03. The first-order valence-corrected chi connectivity index (χ1v) is 6.30. The van der Waals surface area contributed by atoms with E-state index < -0.39 is 5.82 Å². The van der Waals surface area contributed by atoms with Crippen molar-refractivity contribution in [2.24, 2.45) is 0 Å². The first-order valence-electron chi connectivity index (χ1n) is 6.30. The quantitative estimate of drug-likeness (QED) is 0.843. The van der Waals surface area contributed by atoms with Gasteiger partial charge in [0.2, 0.25) is 5.91 Å². The summed E-state index contributed by atoms with van der Waals surface area (Å²) >= 11 is 0. The molecule has 0 unspecified atom stereocenters. The Labute approximate surface area is 117 Å². The summed E-state index contributed by atoms with van der Waals surface area (Å²) in [7, 11) is 0. The largest absolute Gasteiger partial charge is 0.508 e. The van der Waals surface area contributed by atoms with Crippen LogP contribution in [0.5, 0.6) is 5.75 Å². The maximum Gasteiger partial charge on any atom is 0.228 e. The topological polar surface area (TPSA) is 49.3 Å². The molecule has 2 rings (SSSR count). The van der Waals surface area contributed by atoms with Gasteiger partial charge in [-0.05, 0) is 42.7 Å². The van der Waals surface area contributed by atoms with E-state index in [4.69, 9.17) is 5.11 Å². The summed E-state index contributed by atoms with van der Waals surface area (Å²) in [6.07, 6.45) is 0.182. The number of carbonyl (C=O) groups excluding carboxylic acids is 1. The number of aryl methyl sites for hydroxylation is 2. The lowest BCUT2D eigenvalue weighted by Crippen LogP contribution is -2.15. The molecule has 2 aromatic rings. The minimum atomic E-state index is -0.654. The van der Waals surface area contributed by atoms with E-state index in [1.807, 2.05) is 32.0 Å². The molecule has 0 saturated heterocycles. The minimum absolute atomic E-state index is 0.0663. The summed E-state index contributed by atoms with van der Waals surface area (Å²) in [4.78, 5) is 11.9. The first-order chi connectivity index (χ1) is 9.45. The lowest BCUT2D eigenvalue weighted by atomic mass is 10.0. The summed E-state index contributed by atoms with van der Waals surface area (Å²) in [6.45, 7) is 3.99. The minimum Gasteiger partial charge on any atom is -0.508 e. The van der Waals surface area contributed by atoms with Crippen molar-refractivity contribution in [1.29, 1.82) is 0 Å². The van der Waals surface area contributed by atoms with E-state index in [9.17, 15) is 9.18 Å². The van der Waals surface area contributed by atoms with E-state index in [2.05, 4.69) is 5.32 Å². The van der Waals surface area contributed by atoms with Crippen molar-refractivity contribution in [2.75, 3.05) is 5.32 Å². The normalized spacial score (nSPS) is 10.3. The van der Waals surface area contributed by atoms with Crippen LogP contribution >= 0.6 is 0 Å². The van der Waals surface area contributed by atoms with Crippen molar-refractivity contribution < 1.29 is 14.3 Å². The van der Waals surface area contributed by atoms with Crippen LogP contribution in [0, 0.1) is 19.7 Å². The van der Waals surface area contributed by atoms with Gasteiger partial charge in [0.05, 0.1) is 12.1 Å². The average molecular weight is 273 g/mol. The average Bonchev–Trinajstić information content (AvgIpc) is 2.37. The number of benzene rings is 2. The Morgan fingerprint density at radius 3 is 2.55 bits per heavy atom. The molecule has 1 amide bonds. The number of amides is 1. The SMILES string of the molecule is Cc1ccc(CC(=O)Nc2ccc(O)cc2F)cc1C. The van der Waals surface area contributed by atoms with Gasteiger partial charge in [-0.15, -0.1) is 0 Å². The smallest absolute Gasteiger partial charge is 0.228 e. The van der Waals surface area contributed by atoms with Crippen LogP contribution in [0.3, 0.4) is 0 Å². The van der Waals surface area contributed by atoms with Crippen molar-refractivity contribution in [3.05, 3.63) is 58.9 Å². The fourth-order valence-electron chi connectivity index (χ4n) is 1.90. The number of carbonyl (C=O) groups is 1. The third-order valence-corrected chi connectivity index (χ3v) is 3.16. The van der Waals surface area contributed by atoms with Crippen LogP contribution < -0.4 is 5.32 Å². The van der Waals surface area contributed by atoms with Gasteiger partial charge in [0, 0.05) is 6.07 Å². The molecule has 0 atom stereocenters. The van der Waals surface area contributed by atoms with Gasteiger partial charge >= 0.3 is 0 Å². The van der Waals surface area contributed by atoms with Crippen LogP contribution in [0.1, 0.15) is 16.7 Å². The lowest BCUT2D eigenvalue weighted by molar-refractivity contribution is -0.115. The van der Waals surface area contributed by atoms with E-state index in [1.165, 1.54) is 17.7 Å². The Bertz CT molecular complexity index is 653. The van der Waals surface area contributed by atoms with E-state index in [-0.39, 0.29) is 23.8 Å². The van der Waals surface area contributed by atoms with Crippen LogP contribution in [0.4, 0.5) is 10.1 Å². The maximum atomic E-state index is 13.5. The highest BCUT2D eigenvalue weighted by atomic mass is 19.1. The van der Waals surface area contributed by atoms with Crippen LogP contribution in [0.15, 0.2) is 36.4 Å². The molecule has 4 heteroatoms. The molecule has 0 bridgehead atoms. The van der Waals surface area contributed by atoms with Gasteiger partial charge in [0.15, 0.2) is 0 Å². The molecule has 0 heterocycles. The molecule has 0 spiro atoms. The first kappa shape index (κ1) is 14.1. The van der Waals surface area contributed by atoms with Crippen molar-refractivity contribution in [1.82, 2.24) is 0 Å². The predicted molar refractivity (Wildman–Crippen MR) is 76.3 cm³/mol. The summed E-state index contributed by atoms with van der Waals surface area (Å²) in [5.41, 5.74) is 3.23. The molecule has 0 radical (unpaired) electrons. The Hall–Kier alpha value is -2.36. The van der Waals surface area contributed by atoms with Crippen molar-refractivity contribution >= 4 is 11.6 Å². The standard InChI is InChI=1S/C16H16FNO2/c1-10-3-4-12(7-11(10)2)8-16(20)18-15-6-5-13(19)9-14(15)17/h3-7,9,19H,8H2,1-2H3,(H,18,20). The third-order valence-electron chi connectivity index (χ3n) is 3.16. The highest BCUT2D eigenvalue weighted by Gasteiger charge is 2.09. The van der Waals surface area contributed by atoms with Gasteiger partial charge in [-0.25, -0.2) is 4.39 Å². The molecule has 0 aliphatic rings. The number of aromatic hydroxyl groups is 1. The fraction of sp³-hybridized carbons (Fsp3) is 0.188. The summed E-state index contributed by atoms with van der Waals surface area (Å²) < 4.78 is 13.5. The molecule has 20 heavy (non-hydrogen) atoms. The lowest BCUT2D eigenvalue weighted by Gasteiger charge is -2.08. The van der Waals surface area contributed by atoms with Gasteiger partial charge < -0.3 is 10.4 Å². The Morgan fingerprint density at radius 2 is 1.90 bits per heavy atom. The van der Waals surface area contributed by atoms with E-state index >= 15 is 0 Å². The number of anilines is 1. The molecular formula is C16H16FNO2. The number of phenols is 1. The van der Waals surface area contributed by atoms with Crippen LogP contribution in [-0.2, 0) is 11.2 Å². The number of phenolic OH excluding ortho intramolecular Hbond substituents is 1. The van der Waals surface area contributed by atoms with Gasteiger partial charge in [0.25, 0.3) is 0 Å². The summed E-state index contributed by atoms with van der Waals surface area (Å²) in [6, 6.07) is 9.42. The molecule has 3 nitrogen and oxygen atoms in total. The van der Waals surface area contributed by atoms with Crippen molar-refractivity contribution in [2.45, 2.75) is 20.3 Å². The number of rotatable bonds is 3. The molecule has 2 aromatic carbocycles. The maximum absolute atomic E-state index is 13.5. The molecule has 0 aromatic heterocycles. The molecule has 104 valence electrons. The number of halogens is 1. The Morgan fingerprint density at radius 1 is 1.15 bits per heavy atom. The van der Waals surface area contributed by atoms with Gasteiger partial charge in [0.1, 0.15) is 11.6 Å². The molecule has 0 saturated carbocycles. The van der Waals surface area contributed by atoms with E-state index in [0.29, 0.717) is 0 Å². The number of nitrogens with one attached hydrogen (secondary N) is 1. The second-order valence-electron chi connectivity index (χ2n) is 4.81. The monoisotopic (exact) mass is 273 g/mol. The second kappa shape index (κ2) is 5.74.